The van der Waals surface area contributed by atoms with Crippen LogP contribution in [0.2, 0.25) is 0 Å². The highest BCUT2D eigenvalue weighted by Gasteiger charge is 2.16. The van der Waals surface area contributed by atoms with Gasteiger partial charge in [0.15, 0.2) is 9.84 Å². The van der Waals surface area contributed by atoms with Gasteiger partial charge in [0.2, 0.25) is 0 Å². The molecule has 0 fully saturated rings. The van der Waals surface area contributed by atoms with Crippen molar-refractivity contribution in [2.45, 2.75) is 18.8 Å². The van der Waals surface area contributed by atoms with Crippen LogP contribution in [0.3, 0.4) is 0 Å². The van der Waals surface area contributed by atoms with Crippen molar-refractivity contribution < 1.29 is 22.9 Å². The molecule has 132 valence electrons. The van der Waals surface area contributed by atoms with Crippen LogP contribution in [-0.4, -0.2) is 25.6 Å². The smallest absolute Gasteiger partial charge is 0.338 e. The number of rotatable bonds is 6. The molecule has 1 atom stereocenters. The Kier molecular flexibility index (Phi) is 5.53. The predicted octanol–water partition coefficient (Wildman–Crippen LogP) is 3.06. The second-order valence-electron chi connectivity index (χ2n) is 5.67. The lowest BCUT2D eigenvalue weighted by Gasteiger charge is -2.13. The minimum absolute atomic E-state index is 0.0782. The average Bonchev–Trinajstić information content (AvgIpc) is 2.54. The van der Waals surface area contributed by atoms with Crippen LogP contribution in [-0.2, 0) is 20.3 Å². The van der Waals surface area contributed by atoms with Crippen LogP contribution in [0, 0.1) is 10.1 Å². The van der Waals surface area contributed by atoms with Crippen LogP contribution in [0.25, 0.3) is 0 Å². The van der Waals surface area contributed by atoms with E-state index in [4.69, 9.17) is 4.74 Å². The third kappa shape index (κ3) is 5.39. The number of sulfone groups is 1. The molecular formula is C17H17NO6S. The fourth-order valence-corrected chi connectivity index (χ4v) is 3.03. The van der Waals surface area contributed by atoms with Gasteiger partial charge in [-0.3, -0.25) is 10.1 Å². The molecule has 0 saturated heterocycles. The molecule has 8 heteroatoms. The molecule has 0 spiro atoms. The molecule has 2 aromatic rings. The minimum atomic E-state index is -3.15. The summed E-state index contributed by atoms with van der Waals surface area (Å²) in [6.07, 6.45) is 0.471. The highest BCUT2D eigenvalue weighted by molar-refractivity contribution is 7.89. The zero-order chi connectivity index (χ0) is 18.6. The largest absolute Gasteiger partial charge is 0.454 e. The van der Waals surface area contributed by atoms with Crippen molar-refractivity contribution in [1.29, 1.82) is 0 Å². The van der Waals surface area contributed by atoms with Crippen LogP contribution in [0.15, 0.2) is 48.5 Å². The van der Waals surface area contributed by atoms with Crippen LogP contribution in [0.5, 0.6) is 0 Å². The zero-order valence-corrected chi connectivity index (χ0v) is 14.5. The van der Waals surface area contributed by atoms with Gasteiger partial charge in [-0.2, -0.15) is 0 Å². The molecule has 2 rings (SSSR count). The van der Waals surface area contributed by atoms with E-state index in [9.17, 15) is 23.3 Å². The van der Waals surface area contributed by atoms with Gasteiger partial charge in [0.1, 0.15) is 6.10 Å². The standard InChI is InChI=1S/C17H17NO6S/c1-12(15-4-3-5-16(10-15)18(20)21)24-17(19)14-8-6-13(7-9-14)11-25(2,22)23/h3-10,12H,11H2,1-2H3/t12-/m0/s1. The van der Waals surface area contributed by atoms with Gasteiger partial charge in [-0.05, 0) is 30.2 Å². The Morgan fingerprint density at radius 3 is 2.40 bits per heavy atom. The fourth-order valence-electron chi connectivity index (χ4n) is 2.23. The number of hydrogen-bond acceptors (Lipinski definition) is 6. The fraction of sp³-hybridized carbons (Fsp3) is 0.235. The van der Waals surface area contributed by atoms with Crippen molar-refractivity contribution >= 4 is 21.5 Å². The van der Waals surface area contributed by atoms with E-state index in [2.05, 4.69) is 0 Å². The van der Waals surface area contributed by atoms with Gasteiger partial charge in [-0.1, -0.05) is 24.3 Å². The number of hydrogen-bond donors (Lipinski definition) is 0. The lowest BCUT2D eigenvalue weighted by Crippen LogP contribution is -2.10. The number of nitro benzene ring substituents is 1. The maximum atomic E-state index is 12.2. The van der Waals surface area contributed by atoms with Gasteiger partial charge in [0.25, 0.3) is 5.69 Å². The Morgan fingerprint density at radius 2 is 1.84 bits per heavy atom. The molecule has 0 N–H and O–H groups in total. The molecule has 0 radical (unpaired) electrons. The van der Waals surface area contributed by atoms with Crippen molar-refractivity contribution in [3.63, 3.8) is 0 Å². The molecule has 0 aliphatic rings. The Bertz CT molecular complexity index is 890. The summed E-state index contributed by atoms with van der Waals surface area (Å²) in [7, 11) is -3.15. The minimum Gasteiger partial charge on any atom is -0.454 e. The SMILES string of the molecule is C[C@H](OC(=O)c1ccc(CS(C)(=O)=O)cc1)c1cccc([N+](=O)[O-])c1. The molecule has 0 aliphatic heterocycles. The molecule has 0 unspecified atom stereocenters. The van der Waals surface area contributed by atoms with Gasteiger partial charge in [-0.15, -0.1) is 0 Å². The summed E-state index contributed by atoms with van der Waals surface area (Å²) >= 11 is 0. The van der Waals surface area contributed by atoms with Crippen LogP contribution >= 0.6 is 0 Å². The number of non-ortho nitro benzene ring substituents is 1. The molecule has 0 saturated carbocycles. The quantitative estimate of drug-likeness (QED) is 0.444. The van der Waals surface area contributed by atoms with Gasteiger partial charge in [0, 0.05) is 18.4 Å². The average molecular weight is 363 g/mol. The Morgan fingerprint density at radius 1 is 1.20 bits per heavy atom. The summed E-state index contributed by atoms with van der Waals surface area (Å²) in [4.78, 5) is 22.5. The van der Waals surface area contributed by atoms with Crippen LogP contribution in [0.4, 0.5) is 5.69 Å². The molecule has 0 heterocycles. The molecule has 0 aromatic heterocycles. The third-order valence-electron chi connectivity index (χ3n) is 3.45. The molecule has 2 aromatic carbocycles. The van der Waals surface area contributed by atoms with E-state index in [1.807, 2.05) is 0 Å². The topological polar surface area (TPSA) is 104 Å². The van der Waals surface area contributed by atoms with Gasteiger partial charge < -0.3 is 4.74 Å². The van der Waals surface area contributed by atoms with E-state index >= 15 is 0 Å². The van der Waals surface area contributed by atoms with Crippen LogP contribution < -0.4 is 0 Å². The summed E-state index contributed by atoms with van der Waals surface area (Å²) < 4.78 is 27.8. The number of ether oxygens (including phenoxy) is 1. The van der Waals surface area contributed by atoms with Crippen molar-refractivity contribution in [2.75, 3.05) is 6.26 Å². The molecular weight excluding hydrogens is 346 g/mol. The third-order valence-corrected chi connectivity index (χ3v) is 4.31. The second kappa shape index (κ2) is 7.43. The van der Waals surface area contributed by atoms with E-state index in [1.165, 1.54) is 30.3 Å². The summed E-state index contributed by atoms with van der Waals surface area (Å²) in [5, 5.41) is 10.8. The van der Waals surface area contributed by atoms with Crippen molar-refractivity contribution in [2.24, 2.45) is 0 Å². The maximum Gasteiger partial charge on any atom is 0.338 e. The molecule has 7 nitrogen and oxygen atoms in total. The number of esters is 1. The van der Waals surface area contributed by atoms with Gasteiger partial charge in [0.05, 0.1) is 16.2 Å². The van der Waals surface area contributed by atoms with Gasteiger partial charge >= 0.3 is 5.97 Å². The number of benzene rings is 2. The second-order valence-corrected chi connectivity index (χ2v) is 7.81. The zero-order valence-electron chi connectivity index (χ0n) is 13.7. The molecule has 0 amide bonds. The summed E-state index contributed by atoms with van der Waals surface area (Å²) in [5.74, 6) is -0.697. The monoisotopic (exact) mass is 363 g/mol. The van der Waals surface area contributed by atoms with Crippen molar-refractivity contribution in [3.05, 3.63) is 75.3 Å². The maximum absolute atomic E-state index is 12.2. The first kappa shape index (κ1) is 18.6. The highest BCUT2D eigenvalue weighted by atomic mass is 32.2. The van der Waals surface area contributed by atoms with Crippen molar-refractivity contribution in [1.82, 2.24) is 0 Å². The van der Waals surface area contributed by atoms with E-state index in [1.54, 1.807) is 25.1 Å². The van der Waals surface area contributed by atoms with Gasteiger partial charge in [-0.25, -0.2) is 13.2 Å². The van der Waals surface area contributed by atoms with E-state index in [0.29, 0.717) is 11.1 Å². The summed E-state index contributed by atoms with van der Waals surface area (Å²) in [6, 6.07) is 12.0. The number of carbonyl (C=O) groups is 1. The Balaban J connectivity index is 2.08. The van der Waals surface area contributed by atoms with Crippen LogP contribution in [0.1, 0.15) is 34.5 Å². The van der Waals surface area contributed by atoms with Crippen molar-refractivity contribution in [3.8, 4) is 0 Å². The first-order chi connectivity index (χ1) is 11.7. The first-order valence-electron chi connectivity index (χ1n) is 7.38. The lowest BCUT2D eigenvalue weighted by atomic mass is 10.1. The Labute approximate surface area is 145 Å². The number of carbonyl (C=O) groups excluding carboxylic acids is 1. The summed E-state index contributed by atoms with van der Waals surface area (Å²) in [6.45, 7) is 1.62. The van der Waals surface area contributed by atoms with E-state index < -0.39 is 26.8 Å². The Hall–Kier alpha value is -2.74. The first-order valence-corrected chi connectivity index (χ1v) is 9.44. The summed E-state index contributed by atoms with van der Waals surface area (Å²) in [5.41, 5.74) is 1.28. The highest BCUT2D eigenvalue weighted by Crippen LogP contribution is 2.23. The van der Waals surface area contributed by atoms with E-state index in [0.717, 1.165) is 6.26 Å². The molecule has 25 heavy (non-hydrogen) atoms. The number of nitrogens with zero attached hydrogens (tertiary/aromatic N) is 1. The lowest BCUT2D eigenvalue weighted by molar-refractivity contribution is -0.385. The van der Waals surface area contributed by atoms with E-state index in [-0.39, 0.29) is 17.0 Å². The predicted molar refractivity (Wildman–Crippen MR) is 91.9 cm³/mol. The molecule has 0 bridgehead atoms. The number of nitro groups is 1. The molecule has 0 aliphatic carbocycles. The normalized spacial score (nSPS) is 12.4.